The van der Waals surface area contributed by atoms with Gasteiger partial charge in [-0.05, 0) is 47.1 Å². The fourth-order valence-corrected chi connectivity index (χ4v) is 1.57. The zero-order chi connectivity index (χ0) is 17.8. The zero-order valence-corrected chi connectivity index (χ0v) is 14.5. The van der Waals surface area contributed by atoms with Gasteiger partial charge in [0.05, 0.1) is 6.54 Å². The monoisotopic (exact) mass is 324 g/mol. The minimum Gasteiger partial charge on any atom is -0.619 e. The van der Waals surface area contributed by atoms with Crippen LogP contribution in [0, 0.1) is 5.21 Å². The molecule has 0 atom stereocenters. The molecule has 0 saturated carbocycles. The number of hydrogen-bond acceptors (Lipinski definition) is 5. The Morgan fingerprint density at radius 3 is 1.74 bits per heavy atom. The summed E-state index contributed by atoms with van der Waals surface area (Å²) >= 11 is 0. The van der Waals surface area contributed by atoms with Gasteiger partial charge >= 0.3 is 12.2 Å². The summed E-state index contributed by atoms with van der Waals surface area (Å²) in [5.41, 5.74) is -0.883. The third kappa shape index (κ3) is 6.99. The lowest BCUT2D eigenvalue weighted by Gasteiger charge is -2.28. The molecule has 2 amide bonds. The highest BCUT2D eigenvalue weighted by Gasteiger charge is 2.31. The Labute approximate surface area is 136 Å². The SMILES string of the molecule is CC(C)(C)OC(=O)N(Cc1cc[n+]([O-])cc1)C(=O)OC(C)(C)C. The lowest BCUT2D eigenvalue weighted by molar-refractivity contribution is -0.605. The second-order valence-electron chi connectivity index (χ2n) is 7.11. The summed E-state index contributed by atoms with van der Waals surface area (Å²) in [4.78, 5) is 25.5. The van der Waals surface area contributed by atoms with E-state index in [9.17, 15) is 14.8 Å². The molecule has 128 valence electrons. The summed E-state index contributed by atoms with van der Waals surface area (Å²) in [7, 11) is 0. The molecule has 0 N–H and O–H groups in total. The van der Waals surface area contributed by atoms with Crippen molar-refractivity contribution in [3.63, 3.8) is 0 Å². The maximum atomic E-state index is 12.3. The Balaban J connectivity index is 2.98. The number of aromatic nitrogens is 1. The summed E-state index contributed by atoms with van der Waals surface area (Å²) in [6.45, 7) is 10.2. The van der Waals surface area contributed by atoms with Gasteiger partial charge in [-0.2, -0.15) is 4.73 Å². The third-order valence-corrected chi connectivity index (χ3v) is 2.44. The van der Waals surface area contributed by atoms with E-state index in [-0.39, 0.29) is 6.54 Å². The van der Waals surface area contributed by atoms with Gasteiger partial charge in [0.2, 0.25) is 0 Å². The molecule has 0 fully saturated rings. The first-order valence-corrected chi connectivity index (χ1v) is 7.28. The maximum absolute atomic E-state index is 12.3. The zero-order valence-electron chi connectivity index (χ0n) is 14.5. The summed E-state index contributed by atoms with van der Waals surface area (Å²) in [5.74, 6) is 0. The molecule has 1 heterocycles. The van der Waals surface area contributed by atoms with Crippen molar-refractivity contribution >= 4 is 12.2 Å². The quantitative estimate of drug-likeness (QED) is 0.617. The van der Waals surface area contributed by atoms with Crippen molar-refractivity contribution in [3.05, 3.63) is 35.3 Å². The molecule has 0 aliphatic carbocycles. The predicted octanol–water partition coefficient (Wildman–Crippen LogP) is 2.99. The third-order valence-electron chi connectivity index (χ3n) is 2.44. The number of carbonyl (C=O) groups is 2. The number of ether oxygens (including phenoxy) is 2. The van der Waals surface area contributed by atoms with Gasteiger partial charge in [-0.3, -0.25) is 0 Å². The number of amides is 2. The molecule has 0 saturated heterocycles. The van der Waals surface area contributed by atoms with E-state index in [0.29, 0.717) is 10.3 Å². The summed E-state index contributed by atoms with van der Waals surface area (Å²) < 4.78 is 11.1. The molecule has 0 unspecified atom stereocenters. The van der Waals surface area contributed by atoms with Gasteiger partial charge in [0.15, 0.2) is 12.4 Å². The van der Waals surface area contributed by atoms with E-state index < -0.39 is 23.4 Å². The molecule has 7 heteroatoms. The molecule has 0 aliphatic heterocycles. The van der Waals surface area contributed by atoms with E-state index >= 15 is 0 Å². The number of carbonyl (C=O) groups excluding carboxylic acids is 2. The van der Waals surface area contributed by atoms with Gasteiger partial charge < -0.3 is 14.7 Å². The first-order valence-electron chi connectivity index (χ1n) is 7.28. The molecule has 0 radical (unpaired) electrons. The highest BCUT2D eigenvalue weighted by Crippen LogP contribution is 2.16. The van der Waals surface area contributed by atoms with E-state index in [1.807, 2.05) is 0 Å². The second-order valence-corrected chi connectivity index (χ2v) is 7.11. The molecule has 7 nitrogen and oxygen atoms in total. The van der Waals surface area contributed by atoms with Crippen molar-refractivity contribution in [2.24, 2.45) is 0 Å². The number of imide groups is 1. The van der Waals surface area contributed by atoms with Crippen LogP contribution in [-0.4, -0.2) is 28.3 Å². The molecule has 0 aromatic carbocycles. The van der Waals surface area contributed by atoms with Crippen molar-refractivity contribution in [1.82, 2.24) is 4.90 Å². The molecular weight excluding hydrogens is 300 g/mol. The molecule has 0 bridgehead atoms. The van der Waals surface area contributed by atoms with E-state index in [2.05, 4.69) is 0 Å². The number of hydrogen-bond donors (Lipinski definition) is 0. The average molecular weight is 324 g/mol. The minimum atomic E-state index is -0.800. The van der Waals surface area contributed by atoms with Crippen molar-refractivity contribution in [1.29, 1.82) is 0 Å². The standard InChI is InChI=1S/C16H24N2O5/c1-15(2,3)22-13(19)18(14(20)23-16(4,5)6)11-12-7-9-17(21)10-8-12/h7-10H,11H2,1-6H3. The van der Waals surface area contributed by atoms with E-state index in [1.54, 1.807) is 41.5 Å². The molecular formula is C16H24N2O5. The molecule has 1 rings (SSSR count). The van der Waals surface area contributed by atoms with Crippen LogP contribution in [0.3, 0.4) is 0 Å². The van der Waals surface area contributed by atoms with Crippen molar-refractivity contribution in [3.8, 4) is 0 Å². The van der Waals surface area contributed by atoms with Gasteiger partial charge in [0, 0.05) is 12.1 Å². The largest absolute Gasteiger partial charge is 0.619 e. The summed E-state index contributed by atoms with van der Waals surface area (Å²) in [6.07, 6.45) is 0.978. The van der Waals surface area contributed by atoms with Crippen LogP contribution in [0.1, 0.15) is 47.1 Å². The van der Waals surface area contributed by atoms with Crippen LogP contribution in [0.15, 0.2) is 24.5 Å². The molecule has 0 aliphatic rings. The van der Waals surface area contributed by atoms with E-state index in [4.69, 9.17) is 9.47 Å². The fourth-order valence-electron chi connectivity index (χ4n) is 1.57. The highest BCUT2D eigenvalue weighted by atomic mass is 16.6. The molecule has 1 aromatic rings. The fraction of sp³-hybridized carbons (Fsp3) is 0.562. The second kappa shape index (κ2) is 6.85. The Bertz CT molecular complexity index is 527. The van der Waals surface area contributed by atoms with Gasteiger partial charge in [0.25, 0.3) is 0 Å². The van der Waals surface area contributed by atoms with Crippen LogP contribution in [0.25, 0.3) is 0 Å². The van der Waals surface area contributed by atoms with Crippen molar-refractivity contribution < 1.29 is 23.8 Å². The lowest BCUT2D eigenvalue weighted by atomic mass is 10.2. The van der Waals surface area contributed by atoms with Gasteiger partial charge in [-0.1, -0.05) is 0 Å². The average Bonchev–Trinajstić information content (AvgIpc) is 2.33. The van der Waals surface area contributed by atoms with Crippen LogP contribution < -0.4 is 4.73 Å². The smallest absolute Gasteiger partial charge is 0.420 e. The van der Waals surface area contributed by atoms with E-state index in [0.717, 1.165) is 4.90 Å². The van der Waals surface area contributed by atoms with Crippen molar-refractivity contribution in [2.45, 2.75) is 59.3 Å². The van der Waals surface area contributed by atoms with Crippen LogP contribution in [0.4, 0.5) is 9.59 Å². The predicted molar refractivity (Wildman–Crippen MR) is 83.4 cm³/mol. The number of nitrogens with zero attached hydrogens (tertiary/aromatic N) is 2. The highest BCUT2D eigenvalue weighted by molar-refractivity contribution is 5.88. The van der Waals surface area contributed by atoms with Crippen LogP contribution in [0.2, 0.25) is 0 Å². The first kappa shape index (κ1) is 18.7. The van der Waals surface area contributed by atoms with Crippen LogP contribution in [-0.2, 0) is 16.0 Å². The van der Waals surface area contributed by atoms with Gasteiger partial charge in [-0.25, -0.2) is 14.5 Å². The minimum absolute atomic E-state index is 0.0509. The van der Waals surface area contributed by atoms with Gasteiger partial charge in [0.1, 0.15) is 11.2 Å². The maximum Gasteiger partial charge on any atom is 0.420 e. The van der Waals surface area contributed by atoms with Crippen LogP contribution in [0.5, 0.6) is 0 Å². The Morgan fingerprint density at radius 1 is 1.00 bits per heavy atom. The Kier molecular flexibility index (Phi) is 5.58. The Hall–Kier alpha value is -2.31. The normalized spacial score (nSPS) is 11.7. The van der Waals surface area contributed by atoms with Gasteiger partial charge in [-0.15, -0.1) is 0 Å². The first-order chi connectivity index (χ1) is 10.4. The lowest BCUT2D eigenvalue weighted by Crippen LogP contribution is -2.43. The summed E-state index contributed by atoms with van der Waals surface area (Å²) in [6, 6.07) is 3.05. The molecule has 0 spiro atoms. The topological polar surface area (TPSA) is 82.8 Å². The number of pyridine rings is 1. The number of rotatable bonds is 2. The van der Waals surface area contributed by atoms with Crippen molar-refractivity contribution in [2.75, 3.05) is 0 Å². The van der Waals surface area contributed by atoms with E-state index in [1.165, 1.54) is 24.5 Å². The Morgan fingerprint density at radius 2 is 1.39 bits per heavy atom. The molecule has 1 aromatic heterocycles. The summed E-state index contributed by atoms with van der Waals surface area (Å²) in [5, 5.41) is 11.1. The molecule has 23 heavy (non-hydrogen) atoms. The van der Waals surface area contributed by atoms with Crippen LogP contribution >= 0.6 is 0 Å².